The Labute approximate surface area is 282 Å². The lowest BCUT2D eigenvalue weighted by molar-refractivity contribution is -0.399. The molecule has 9 nitrogen and oxygen atoms in total. The number of fused-ring (bicyclic) bond motifs is 3. The van der Waals surface area contributed by atoms with Crippen LogP contribution < -0.4 is 4.74 Å². The number of benzene rings is 2. The topological polar surface area (TPSA) is 132 Å². The predicted octanol–water partition coefficient (Wildman–Crippen LogP) is 5.61. The quantitative estimate of drug-likeness (QED) is 0.244. The van der Waals surface area contributed by atoms with Crippen LogP contribution in [0, 0.1) is 23.7 Å². The summed E-state index contributed by atoms with van der Waals surface area (Å²) in [5.41, 5.74) is 0.463. The first kappa shape index (κ1) is 35.5. The number of methoxy groups -OCH3 is 1. The highest BCUT2D eigenvalue weighted by Gasteiger charge is 2.57. The number of hydrogen-bond donors (Lipinski definition) is 3. The minimum Gasteiger partial charge on any atom is -0.504 e. The number of hydrogen-bond acceptors (Lipinski definition) is 9. The molecule has 0 saturated carbocycles. The molecule has 9 heteroatoms. The van der Waals surface area contributed by atoms with E-state index in [-0.39, 0.29) is 55.0 Å². The van der Waals surface area contributed by atoms with Crippen molar-refractivity contribution in [3.8, 4) is 11.5 Å². The molecule has 3 N–H and O–H groups in total. The predicted molar refractivity (Wildman–Crippen MR) is 180 cm³/mol. The van der Waals surface area contributed by atoms with Gasteiger partial charge in [-0.15, -0.1) is 0 Å². The lowest BCUT2D eigenvalue weighted by Crippen LogP contribution is -2.49. The average molecular weight is 661 g/mol. The summed E-state index contributed by atoms with van der Waals surface area (Å²) in [5, 5.41) is 34.3. The average Bonchev–Trinajstić information content (AvgIpc) is 3.16. The third-order valence-electron chi connectivity index (χ3n) is 10.4. The van der Waals surface area contributed by atoms with Crippen molar-refractivity contribution in [2.45, 2.75) is 83.6 Å². The SMILES string of the molecule is C=C(C)C1(C)CC(C)C2C(C=C(COC(=O)Cc3ccc(O)c(OC)c3)CC3(O)C(=O)C(C)=CC23)C(C)O[C@](O)(Cc2ccccc2)O1. The molecule has 5 rings (SSSR count). The molecule has 0 amide bonds. The fourth-order valence-corrected chi connectivity index (χ4v) is 7.87. The Morgan fingerprint density at radius 3 is 2.46 bits per heavy atom. The van der Waals surface area contributed by atoms with Crippen molar-refractivity contribution >= 4 is 11.8 Å². The minimum absolute atomic E-state index is 0.0143. The molecule has 3 aliphatic rings. The van der Waals surface area contributed by atoms with Crippen LogP contribution in [0.2, 0.25) is 0 Å². The Kier molecular flexibility index (Phi) is 10.1. The van der Waals surface area contributed by atoms with Gasteiger partial charge in [-0.3, -0.25) is 9.59 Å². The van der Waals surface area contributed by atoms with Gasteiger partial charge in [0.1, 0.15) is 12.2 Å². The van der Waals surface area contributed by atoms with Crippen LogP contribution in [0.3, 0.4) is 0 Å². The highest BCUT2D eigenvalue weighted by atomic mass is 16.8. The summed E-state index contributed by atoms with van der Waals surface area (Å²) >= 11 is 0. The molecule has 1 aliphatic heterocycles. The number of phenols is 1. The lowest BCUT2D eigenvalue weighted by atomic mass is 9.65. The number of rotatable bonds is 8. The second-order valence-corrected chi connectivity index (χ2v) is 14.1. The fourth-order valence-electron chi connectivity index (χ4n) is 7.87. The van der Waals surface area contributed by atoms with Gasteiger partial charge in [0.25, 0.3) is 5.97 Å². The summed E-state index contributed by atoms with van der Waals surface area (Å²) in [5.74, 6) is -4.06. The highest BCUT2D eigenvalue weighted by Crippen LogP contribution is 2.52. The maximum atomic E-state index is 13.7. The second-order valence-electron chi connectivity index (χ2n) is 14.1. The van der Waals surface area contributed by atoms with Crippen LogP contribution in [0.4, 0.5) is 0 Å². The van der Waals surface area contributed by atoms with E-state index in [0.717, 1.165) is 5.56 Å². The zero-order valence-corrected chi connectivity index (χ0v) is 28.7. The first-order valence-corrected chi connectivity index (χ1v) is 16.5. The summed E-state index contributed by atoms with van der Waals surface area (Å²) in [6, 6.07) is 14.1. The lowest BCUT2D eigenvalue weighted by Gasteiger charge is -2.41. The van der Waals surface area contributed by atoms with E-state index >= 15 is 0 Å². The normalized spacial score (nSPS) is 33.5. The number of carbonyl (C=O) groups is 2. The largest absolute Gasteiger partial charge is 0.504 e. The number of ketones is 1. The molecule has 0 bridgehead atoms. The second kappa shape index (κ2) is 13.6. The monoisotopic (exact) mass is 660 g/mol. The Balaban J connectivity index is 1.51. The van der Waals surface area contributed by atoms with Gasteiger partial charge in [-0.05, 0) is 85.9 Å². The van der Waals surface area contributed by atoms with E-state index in [4.69, 9.17) is 18.9 Å². The van der Waals surface area contributed by atoms with Gasteiger partial charge in [0.15, 0.2) is 17.3 Å². The highest BCUT2D eigenvalue weighted by molar-refractivity contribution is 6.04. The van der Waals surface area contributed by atoms with E-state index in [0.29, 0.717) is 28.7 Å². The summed E-state index contributed by atoms with van der Waals surface area (Å²) in [6.45, 7) is 13.5. The van der Waals surface area contributed by atoms with Gasteiger partial charge < -0.3 is 34.3 Å². The van der Waals surface area contributed by atoms with Gasteiger partial charge in [0.2, 0.25) is 0 Å². The zero-order chi connectivity index (χ0) is 35.0. The number of Topliss-reactive ketones (excluding diaryl/α,β-unsaturated/α-hetero) is 1. The third-order valence-corrected chi connectivity index (χ3v) is 10.4. The summed E-state index contributed by atoms with van der Waals surface area (Å²) in [4.78, 5) is 26.7. The molecule has 258 valence electrons. The molecule has 0 spiro atoms. The van der Waals surface area contributed by atoms with Gasteiger partial charge in [0, 0.05) is 18.3 Å². The molecule has 0 aromatic heterocycles. The summed E-state index contributed by atoms with van der Waals surface area (Å²) in [7, 11) is 1.43. The Hall–Kier alpha value is -3.76. The number of aliphatic hydroxyl groups is 2. The van der Waals surface area contributed by atoms with E-state index in [1.54, 1.807) is 19.1 Å². The maximum absolute atomic E-state index is 13.7. The maximum Gasteiger partial charge on any atom is 0.310 e. The number of phenolic OH excluding ortho intramolecular Hbond substituents is 1. The van der Waals surface area contributed by atoms with Crippen LogP contribution in [-0.4, -0.2) is 64.1 Å². The van der Waals surface area contributed by atoms with Crippen LogP contribution >= 0.6 is 0 Å². The molecule has 1 fully saturated rings. The van der Waals surface area contributed by atoms with Crippen LogP contribution in [0.5, 0.6) is 11.5 Å². The number of aromatic hydroxyl groups is 1. The molecular formula is C39H48O9. The van der Waals surface area contributed by atoms with Gasteiger partial charge in [0.05, 0.1) is 31.7 Å². The van der Waals surface area contributed by atoms with Crippen molar-refractivity contribution in [2.24, 2.45) is 23.7 Å². The molecule has 1 saturated heterocycles. The summed E-state index contributed by atoms with van der Waals surface area (Å²) in [6.07, 6.45) is 3.62. The van der Waals surface area contributed by atoms with E-state index in [9.17, 15) is 24.9 Å². The molecular weight excluding hydrogens is 612 g/mol. The molecule has 1 heterocycles. The number of ether oxygens (including phenoxy) is 4. The van der Waals surface area contributed by atoms with Crippen LogP contribution in [0.1, 0.15) is 58.6 Å². The third kappa shape index (κ3) is 7.15. The minimum atomic E-state index is -2.02. The zero-order valence-electron chi connectivity index (χ0n) is 28.7. The number of esters is 1. The fraction of sp³-hybridized carbons (Fsp3) is 0.487. The summed E-state index contributed by atoms with van der Waals surface area (Å²) < 4.78 is 23.9. The van der Waals surface area contributed by atoms with Crippen molar-refractivity contribution in [1.29, 1.82) is 0 Å². The Morgan fingerprint density at radius 1 is 1.08 bits per heavy atom. The van der Waals surface area contributed by atoms with Crippen molar-refractivity contribution in [3.05, 3.63) is 95.1 Å². The van der Waals surface area contributed by atoms with Crippen LogP contribution in [-0.2, 0) is 36.6 Å². The smallest absolute Gasteiger partial charge is 0.310 e. The molecule has 48 heavy (non-hydrogen) atoms. The first-order chi connectivity index (χ1) is 22.6. The van der Waals surface area contributed by atoms with Gasteiger partial charge in [-0.1, -0.05) is 62.1 Å². The molecule has 7 unspecified atom stereocenters. The molecule has 2 aromatic rings. The first-order valence-electron chi connectivity index (χ1n) is 16.5. The Morgan fingerprint density at radius 2 is 1.79 bits per heavy atom. The van der Waals surface area contributed by atoms with Crippen molar-refractivity contribution < 1.29 is 43.9 Å². The van der Waals surface area contributed by atoms with E-state index in [1.807, 2.05) is 63.3 Å². The Bertz CT molecular complexity index is 1610. The van der Waals surface area contributed by atoms with Gasteiger partial charge in [-0.2, -0.15) is 0 Å². The molecule has 2 aromatic carbocycles. The van der Waals surface area contributed by atoms with Crippen LogP contribution in [0.25, 0.3) is 0 Å². The number of carbonyl (C=O) groups excluding carboxylic acids is 2. The van der Waals surface area contributed by atoms with E-state index in [1.165, 1.54) is 13.2 Å². The van der Waals surface area contributed by atoms with Gasteiger partial charge in [-0.25, -0.2) is 0 Å². The van der Waals surface area contributed by atoms with Crippen LogP contribution in [0.15, 0.2) is 84.0 Å². The van der Waals surface area contributed by atoms with E-state index < -0.39 is 41.1 Å². The van der Waals surface area contributed by atoms with Crippen molar-refractivity contribution in [1.82, 2.24) is 0 Å². The molecule has 2 aliphatic carbocycles. The van der Waals surface area contributed by atoms with E-state index in [2.05, 4.69) is 13.5 Å². The molecule has 0 radical (unpaired) electrons. The van der Waals surface area contributed by atoms with Gasteiger partial charge >= 0.3 is 5.97 Å². The van der Waals surface area contributed by atoms with Crippen molar-refractivity contribution in [3.63, 3.8) is 0 Å². The van der Waals surface area contributed by atoms with Crippen molar-refractivity contribution in [2.75, 3.05) is 13.7 Å². The molecule has 8 atom stereocenters. The standard InChI is InChI=1S/C39H48O9/c1-23(2)37(6)19-25(4)35-30(26(5)47-39(44,48-37)21-27-11-9-8-10-12-27)16-29(20-38(43)31(35)15-24(3)36(38)42)22-46-34(41)18-28-13-14-32(40)33(17-28)45-7/h8-17,25-26,30-31,35,40,43-44H,1,18-22H2,2-7H3/t25?,26?,30?,31?,35?,37?,38?,39-/m1/s1.